The minimum absolute atomic E-state index is 0.0962. The molecule has 1 aliphatic rings. The van der Waals surface area contributed by atoms with Gasteiger partial charge in [-0.05, 0) is 35.2 Å². The third-order valence-electron chi connectivity index (χ3n) is 5.44. The highest BCUT2D eigenvalue weighted by atomic mass is 16.5. The van der Waals surface area contributed by atoms with Crippen LogP contribution in [0.3, 0.4) is 0 Å². The summed E-state index contributed by atoms with van der Waals surface area (Å²) in [5.74, 6) is -1.35. The predicted molar refractivity (Wildman–Crippen MR) is 117 cm³/mol. The Morgan fingerprint density at radius 1 is 0.969 bits per heavy atom. The smallest absolute Gasteiger partial charge is 0.329 e. The first-order valence-corrected chi connectivity index (χ1v) is 10.5. The molecule has 0 bridgehead atoms. The van der Waals surface area contributed by atoms with Crippen LogP contribution in [0.15, 0.2) is 77.4 Å². The van der Waals surface area contributed by atoms with Crippen LogP contribution < -0.4 is 5.32 Å². The van der Waals surface area contributed by atoms with Gasteiger partial charge in [-0.15, -0.1) is 0 Å². The molecule has 0 saturated heterocycles. The number of esters is 1. The molecular weight excluding hydrogens is 408 g/mol. The van der Waals surface area contributed by atoms with Crippen molar-refractivity contribution >= 4 is 17.8 Å². The van der Waals surface area contributed by atoms with E-state index in [2.05, 4.69) is 11.4 Å². The van der Waals surface area contributed by atoms with Gasteiger partial charge in [-0.25, -0.2) is 4.79 Å². The fourth-order valence-electron chi connectivity index (χ4n) is 3.71. The molecule has 164 valence electrons. The second kappa shape index (κ2) is 9.96. The number of furan rings is 1. The first-order valence-electron chi connectivity index (χ1n) is 10.5. The van der Waals surface area contributed by atoms with Gasteiger partial charge in [0.05, 0.1) is 6.26 Å². The highest BCUT2D eigenvalue weighted by Crippen LogP contribution is 2.18. The van der Waals surface area contributed by atoms with Gasteiger partial charge in [-0.3, -0.25) is 9.59 Å². The van der Waals surface area contributed by atoms with Gasteiger partial charge in [0.2, 0.25) is 0 Å². The van der Waals surface area contributed by atoms with Gasteiger partial charge in [-0.1, -0.05) is 54.6 Å². The van der Waals surface area contributed by atoms with Crippen molar-refractivity contribution in [1.29, 1.82) is 0 Å². The Bertz CT molecular complexity index is 1080. The second-order valence-electron chi connectivity index (χ2n) is 7.63. The Labute approximate surface area is 186 Å². The fourth-order valence-corrected chi connectivity index (χ4v) is 3.71. The average molecular weight is 432 g/mol. The van der Waals surface area contributed by atoms with Gasteiger partial charge in [0.15, 0.2) is 12.4 Å². The SMILES string of the molecule is O=C(NC(Cc1ccccc1)C(=O)OCC(=O)N1CCc2ccccc2C1)c1ccco1. The van der Waals surface area contributed by atoms with Crippen LogP contribution in [0, 0.1) is 0 Å². The minimum Gasteiger partial charge on any atom is -0.459 e. The minimum atomic E-state index is -0.954. The van der Waals surface area contributed by atoms with E-state index in [4.69, 9.17) is 9.15 Å². The summed E-state index contributed by atoms with van der Waals surface area (Å²) >= 11 is 0. The molecule has 7 heteroatoms. The molecule has 3 aromatic rings. The lowest BCUT2D eigenvalue weighted by Gasteiger charge is -2.29. The quantitative estimate of drug-likeness (QED) is 0.580. The first kappa shape index (κ1) is 21.4. The molecule has 2 amide bonds. The van der Waals surface area contributed by atoms with E-state index in [0.29, 0.717) is 13.1 Å². The van der Waals surface area contributed by atoms with Gasteiger partial charge in [0.1, 0.15) is 6.04 Å². The number of carbonyl (C=O) groups is 3. The van der Waals surface area contributed by atoms with Crippen molar-refractivity contribution in [3.8, 4) is 0 Å². The van der Waals surface area contributed by atoms with Crippen molar-refractivity contribution in [2.75, 3.05) is 13.2 Å². The summed E-state index contributed by atoms with van der Waals surface area (Å²) < 4.78 is 10.4. The molecule has 0 aliphatic carbocycles. The van der Waals surface area contributed by atoms with E-state index in [1.807, 2.05) is 48.5 Å². The zero-order valence-corrected chi connectivity index (χ0v) is 17.5. The Balaban J connectivity index is 1.38. The highest BCUT2D eigenvalue weighted by Gasteiger charge is 2.27. The number of nitrogens with zero attached hydrogens (tertiary/aromatic N) is 1. The van der Waals surface area contributed by atoms with E-state index in [-0.39, 0.29) is 24.7 Å². The van der Waals surface area contributed by atoms with E-state index in [1.54, 1.807) is 11.0 Å². The van der Waals surface area contributed by atoms with Crippen LogP contribution in [0.1, 0.15) is 27.2 Å². The summed E-state index contributed by atoms with van der Waals surface area (Å²) in [6, 6.07) is 19.4. The molecule has 1 aromatic heterocycles. The summed E-state index contributed by atoms with van der Waals surface area (Å²) in [6.07, 6.45) is 2.39. The maximum absolute atomic E-state index is 12.8. The number of carbonyl (C=O) groups excluding carboxylic acids is 3. The van der Waals surface area contributed by atoms with Crippen LogP contribution in [0.5, 0.6) is 0 Å². The monoisotopic (exact) mass is 432 g/mol. The Kier molecular flexibility index (Phi) is 6.65. The number of nitrogens with one attached hydrogen (secondary N) is 1. The third kappa shape index (κ3) is 5.24. The summed E-state index contributed by atoms with van der Waals surface area (Å²) in [5, 5.41) is 2.65. The van der Waals surface area contributed by atoms with Crippen LogP contribution in [-0.4, -0.2) is 41.9 Å². The maximum Gasteiger partial charge on any atom is 0.329 e. The Morgan fingerprint density at radius 3 is 2.47 bits per heavy atom. The van der Waals surface area contributed by atoms with E-state index < -0.39 is 17.9 Å². The number of fused-ring (bicyclic) bond motifs is 1. The lowest BCUT2D eigenvalue weighted by Crippen LogP contribution is -2.45. The van der Waals surface area contributed by atoms with Crippen molar-refractivity contribution in [3.05, 3.63) is 95.4 Å². The zero-order valence-electron chi connectivity index (χ0n) is 17.5. The molecule has 1 N–H and O–H groups in total. The topological polar surface area (TPSA) is 88.8 Å². The summed E-state index contributed by atoms with van der Waals surface area (Å²) in [6.45, 7) is 0.703. The number of amides is 2. The number of ether oxygens (including phenoxy) is 1. The molecule has 7 nitrogen and oxygen atoms in total. The van der Waals surface area contributed by atoms with Crippen LogP contribution >= 0.6 is 0 Å². The van der Waals surface area contributed by atoms with Crippen LogP contribution in [-0.2, 0) is 33.7 Å². The van der Waals surface area contributed by atoms with Crippen molar-refractivity contribution in [3.63, 3.8) is 0 Å². The molecule has 1 aliphatic heterocycles. The van der Waals surface area contributed by atoms with Gasteiger partial charge in [0.25, 0.3) is 11.8 Å². The van der Waals surface area contributed by atoms with Gasteiger partial charge < -0.3 is 19.4 Å². The van der Waals surface area contributed by atoms with Gasteiger partial charge in [0, 0.05) is 19.5 Å². The second-order valence-corrected chi connectivity index (χ2v) is 7.63. The molecular formula is C25H24N2O5. The first-order chi connectivity index (χ1) is 15.6. The van der Waals surface area contributed by atoms with Gasteiger partial charge >= 0.3 is 5.97 Å². The van der Waals surface area contributed by atoms with E-state index in [9.17, 15) is 14.4 Å². The third-order valence-corrected chi connectivity index (χ3v) is 5.44. The largest absolute Gasteiger partial charge is 0.459 e. The molecule has 1 unspecified atom stereocenters. The molecule has 0 spiro atoms. The molecule has 32 heavy (non-hydrogen) atoms. The molecule has 0 fully saturated rings. The van der Waals surface area contributed by atoms with Crippen molar-refractivity contribution < 1.29 is 23.5 Å². The number of rotatable bonds is 7. The van der Waals surface area contributed by atoms with Crippen molar-refractivity contribution in [1.82, 2.24) is 10.2 Å². The summed E-state index contributed by atoms with van der Waals surface area (Å²) in [7, 11) is 0. The highest BCUT2D eigenvalue weighted by molar-refractivity contribution is 5.94. The van der Waals surface area contributed by atoms with Crippen LogP contribution in [0.2, 0.25) is 0 Å². The molecule has 1 atom stereocenters. The Morgan fingerprint density at radius 2 is 1.72 bits per heavy atom. The van der Waals surface area contributed by atoms with E-state index >= 15 is 0 Å². The number of hydrogen-bond donors (Lipinski definition) is 1. The van der Waals surface area contributed by atoms with E-state index in [0.717, 1.165) is 17.5 Å². The van der Waals surface area contributed by atoms with Crippen LogP contribution in [0.25, 0.3) is 0 Å². The van der Waals surface area contributed by atoms with Gasteiger partial charge in [-0.2, -0.15) is 0 Å². The predicted octanol–water partition coefficient (Wildman–Crippen LogP) is 2.75. The number of benzene rings is 2. The lowest BCUT2D eigenvalue weighted by molar-refractivity contribution is -0.154. The van der Waals surface area contributed by atoms with Crippen molar-refractivity contribution in [2.24, 2.45) is 0 Å². The standard InChI is InChI=1S/C25H24N2O5/c28-23(27-13-12-19-9-4-5-10-20(19)16-27)17-32-25(30)21(15-18-7-2-1-3-8-18)26-24(29)22-11-6-14-31-22/h1-11,14,21H,12-13,15-17H2,(H,26,29). The molecule has 2 heterocycles. The van der Waals surface area contributed by atoms with Crippen molar-refractivity contribution in [2.45, 2.75) is 25.4 Å². The molecule has 0 radical (unpaired) electrons. The average Bonchev–Trinajstić information content (AvgIpc) is 3.37. The molecule has 4 rings (SSSR count). The summed E-state index contributed by atoms with van der Waals surface area (Å²) in [4.78, 5) is 39.6. The molecule has 2 aromatic carbocycles. The Hall–Kier alpha value is -3.87. The fraction of sp³-hybridized carbons (Fsp3) is 0.240. The summed E-state index contributed by atoms with van der Waals surface area (Å²) in [5.41, 5.74) is 3.19. The maximum atomic E-state index is 12.8. The molecule has 0 saturated carbocycles. The van der Waals surface area contributed by atoms with Crippen LogP contribution in [0.4, 0.5) is 0 Å². The lowest BCUT2D eigenvalue weighted by atomic mass is 10.00. The number of hydrogen-bond acceptors (Lipinski definition) is 5. The van der Waals surface area contributed by atoms with E-state index in [1.165, 1.54) is 17.9 Å². The zero-order chi connectivity index (χ0) is 22.3. The normalized spacial score (nSPS) is 13.7.